The smallest absolute Gasteiger partial charge is 0.377 e. The van der Waals surface area contributed by atoms with Crippen LogP contribution >= 0.6 is 11.3 Å². The molecule has 0 saturated carbocycles. The highest BCUT2D eigenvalue weighted by Gasteiger charge is 2.38. The van der Waals surface area contributed by atoms with Gasteiger partial charge < -0.3 is 10.5 Å². The van der Waals surface area contributed by atoms with Crippen molar-refractivity contribution >= 4 is 11.3 Å². The summed E-state index contributed by atoms with van der Waals surface area (Å²) in [5, 5.41) is -0.877. The number of hydrogen-bond donors (Lipinski definition) is 1. The quantitative estimate of drug-likeness (QED) is 0.913. The summed E-state index contributed by atoms with van der Waals surface area (Å²) < 4.78 is 42.5. The fourth-order valence-corrected chi connectivity index (χ4v) is 2.28. The summed E-state index contributed by atoms with van der Waals surface area (Å²) in [6.45, 7) is 3.64. The molecule has 1 rings (SSSR count). The van der Waals surface area contributed by atoms with Crippen LogP contribution < -0.4 is 5.73 Å². The molecule has 0 radical (unpaired) electrons. The Bertz CT molecular complexity index is 374. The Morgan fingerprint density at radius 3 is 2.47 bits per heavy atom. The maximum absolute atomic E-state index is 12.4. The highest BCUT2D eigenvalue weighted by Crippen LogP contribution is 2.37. The average molecular weight is 268 g/mol. The van der Waals surface area contributed by atoms with Gasteiger partial charge in [-0.25, -0.2) is 4.98 Å². The van der Waals surface area contributed by atoms with E-state index in [9.17, 15) is 13.2 Å². The van der Waals surface area contributed by atoms with Crippen LogP contribution in [0.15, 0.2) is 6.20 Å². The van der Waals surface area contributed by atoms with Crippen LogP contribution in [0.25, 0.3) is 0 Å². The van der Waals surface area contributed by atoms with Crippen LogP contribution in [-0.2, 0) is 10.9 Å². The minimum Gasteiger partial charge on any atom is -0.377 e. The molecule has 0 aromatic carbocycles. The number of alkyl halides is 3. The summed E-state index contributed by atoms with van der Waals surface area (Å²) in [5.41, 5.74) is 5.24. The predicted molar refractivity (Wildman–Crippen MR) is 59.7 cm³/mol. The molecular weight excluding hydrogens is 253 g/mol. The SMILES string of the molecule is CCC(C)(OC)C(N)c1cnc(C(F)(F)F)s1. The third kappa shape index (κ3) is 2.97. The Kier molecular flexibility index (Phi) is 4.16. The van der Waals surface area contributed by atoms with E-state index < -0.39 is 22.8 Å². The summed E-state index contributed by atoms with van der Waals surface area (Å²) in [7, 11) is 1.50. The van der Waals surface area contributed by atoms with Gasteiger partial charge in [0.25, 0.3) is 0 Å². The van der Waals surface area contributed by atoms with Crippen LogP contribution in [-0.4, -0.2) is 17.7 Å². The molecule has 2 N–H and O–H groups in total. The largest absolute Gasteiger partial charge is 0.443 e. The highest BCUT2D eigenvalue weighted by molar-refractivity contribution is 7.11. The van der Waals surface area contributed by atoms with Gasteiger partial charge in [-0.3, -0.25) is 0 Å². The molecule has 3 nitrogen and oxygen atoms in total. The average Bonchev–Trinajstić information content (AvgIpc) is 2.75. The monoisotopic (exact) mass is 268 g/mol. The Labute approximate surface area is 102 Å². The Hall–Kier alpha value is -0.660. The molecule has 0 aliphatic carbocycles. The first-order valence-corrected chi connectivity index (χ1v) is 5.90. The fourth-order valence-electron chi connectivity index (χ4n) is 1.35. The number of halogens is 3. The Balaban J connectivity index is 2.98. The number of rotatable bonds is 4. The molecule has 0 amide bonds. The molecule has 2 atom stereocenters. The molecule has 0 aliphatic rings. The maximum atomic E-state index is 12.4. The topological polar surface area (TPSA) is 48.1 Å². The Morgan fingerprint density at radius 2 is 2.12 bits per heavy atom. The van der Waals surface area contributed by atoms with Crippen molar-refractivity contribution in [1.82, 2.24) is 4.98 Å². The number of ether oxygens (including phenoxy) is 1. The molecule has 0 saturated heterocycles. The van der Waals surface area contributed by atoms with Gasteiger partial charge in [0.15, 0.2) is 5.01 Å². The molecule has 0 aliphatic heterocycles. The summed E-state index contributed by atoms with van der Waals surface area (Å²) in [6.07, 6.45) is -2.65. The van der Waals surface area contributed by atoms with Gasteiger partial charge in [0.1, 0.15) is 0 Å². The number of nitrogens with two attached hydrogens (primary N) is 1. The summed E-state index contributed by atoms with van der Waals surface area (Å²) in [6, 6.07) is -0.619. The molecule has 0 fully saturated rings. The van der Waals surface area contributed by atoms with Gasteiger partial charge in [-0.1, -0.05) is 6.92 Å². The number of thiazole rings is 1. The minimum absolute atomic E-state index is 0.378. The first kappa shape index (κ1) is 14.4. The van der Waals surface area contributed by atoms with E-state index in [-0.39, 0.29) is 0 Å². The third-order valence-corrected chi connectivity index (χ3v) is 4.02. The molecule has 98 valence electrons. The maximum Gasteiger partial charge on any atom is 0.443 e. The lowest BCUT2D eigenvalue weighted by molar-refractivity contribution is -0.137. The van der Waals surface area contributed by atoms with E-state index >= 15 is 0 Å². The van der Waals surface area contributed by atoms with Crippen molar-refractivity contribution in [1.29, 1.82) is 0 Å². The van der Waals surface area contributed by atoms with E-state index in [1.807, 2.05) is 6.92 Å². The molecule has 1 heterocycles. The standard InChI is InChI=1S/C10H15F3N2OS/c1-4-9(2,16-3)7(14)6-5-15-8(17-6)10(11,12)13/h5,7H,4,14H2,1-3H3. The van der Waals surface area contributed by atoms with Crippen LogP contribution in [0.3, 0.4) is 0 Å². The van der Waals surface area contributed by atoms with Crippen LogP contribution in [0.4, 0.5) is 13.2 Å². The van der Waals surface area contributed by atoms with E-state index in [0.717, 1.165) is 0 Å². The van der Waals surface area contributed by atoms with Gasteiger partial charge >= 0.3 is 6.18 Å². The van der Waals surface area contributed by atoms with Crippen molar-refractivity contribution < 1.29 is 17.9 Å². The van der Waals surface area contributed by atoms with Crippen LogP contribution in [0, 0.1) is 0 Å². The van der Waals surface area contributed by atoms with Gasteiger partial charge in [0, 0.05) is 18.2 Å². The van der Waals surface area contributed by atoms with E-state index in [4.69, 9.17) is 10.5 Å². The number of nitrogens with zero attached hydrogens (tertiary/aromatic N) is 1. The summed E-state index contributed by atoms with van der Waals surface area (Å²) in [5.74, 6) is 0. The Morgan fingerprint density at radius 1 is 1.53 bits per heavy atom. The van der Waals surface area contributed by atoms with Crippen LogP contribution in [0.5, 0.6) is 0 Å². The zero-order valence-corrected chi connectivity index (χ0v) is 10.7. The van der Waals surface area contributed by atoms with Crippen molar-refractivity contribution in [3.8, 4) is 0 Å². The fraction of sp³-hybridized carbons (Fsp3) is 0.700. The van der Waals surface area contributed by atoms with E-state index in [2.05, 4.69) is 4.98 Å². The van der Waals surface area contributed by atoms with Crippen LogP contribution in [0.1, 0.15) is 36.2 Å². The molecule has 2 unspecified atom stereocenters. The van der Waals surface area contributed by atoms with Crippen LogP contribution in [0.2, 0.25) is 0 Å². The first-order chi connectivity index (χ1) is 7.74. The summed E-state index contributed by atoms with van der Waals surface area (Å²) >= 11 is 0.564. The van der Waals surface area contributed by atoms with Crippen molar-refractivity contribution in [2.75, 3.05) is 7.11 Å². The molecule has 0 spiro atoms. The predicted octanol–water partition coefficient (Wildman–Crippen LogP) is 2.98. The van der Waals surface area contributed by atoms with E-state index in [1.54, 1.807) is 6.92 Å². The molecular formula is C10H15F3N2OS. The van der Waals surface area contributed by atoms with Crippen molar-refractivity contribution in [3.63, 3.8) is 0 Å². The number of hydrogen-bond acceptors (Lipinski definition) is 4. The van der Waals surface area contributed by atoms with E-state index in [1.165, 1.54) is 13.3 Å². The van der Waals surface area contributed by atoms with Crippen molar-refractivity contribution in [3.05, 3.63) is 16.1 Å². The molecule has 17 heavy (non-hydrogen) atoms. The second-order valence-electron chi connectivity index (χ2n) is 3.91. The molecule has 1 aromatic rings. The van der Waals surface area contributed by atoms with Gasteiger partial charge in [0.05, 0.1) is 11.6 Å². The third-order valence-electron chi connectivity index (χ3n) is 2.90. The molecule has 1 aromatic heterocycles. The summed E-state index contributed by atoms with van der Waals surface area (Å²) in [4.78, 5) is 3.73. The zero-order chi connectivity index (χ0) is 13.3. The lowest BCUT2D eigenvalue weighted by atomic mass is 9.93. The first-order valence-electron chi connectivity index (χ1n) is 5.08. The number of aromatic nitrogens is 1. The second-order valence-corrected chi connectivity index (χ2v) is 4.98. The second kappa shape index (κ2) is 4.91. The van der Waals surface area contributed by atoms with Gasteiger partial charge in [0.2, 0.25) is 0 Å². The minimum atomic E-state index is -4.42. The molecule has 0 bridgehead atoms. The van der Waals surface area contributed by atoms with Gasteiger partial charge in [-0.05, 0) is 13.3 Å². The molecule has 7 heteroatoms. The lowest BCUT2D eigenvalue weighted by Gasteiger charge is -2.32. The van der Waals surface area contributed by atoms with Gasteiger partial charge in [-0.15, -0.1) is 11.3 Å². The normalized spacial score (nSPS) is 17.8. The van der Waals surface area contributed by atoms with Gasteiger partial charge in [-0.2, -0.15) is 13.2 Å². The van der Waals surface area contributed by atoms with E-state index in [0.29, 0.717) is 22.6 Å². The van der Waals surface area contributed by atoms with Crippen molar-refractivity contribution in [2.24, 2.45) is 5.73 Å². The number of methoxy groups -OCH3 is 1. The zero-order valence-electron chi connectivity index (χ0n) is 9.84. The van der Waals surface area contributed by atoms with Crippen molar-refractivity contribution in [2.45, 2.75) is 38.1 Å². The lowest BCUT2D eigenvalue weighted by Crippen LogP contribution is -2.39. The highest BCUT2D eigenvalue weighted by atomic mass is 32.1.